The minimum atomic E-state index is 0.213. The van der Waals surface area contributed by atoms with Crippen LogP contribution in [-0.2, 0) is 0 Å². The number of hydrogen-bond donors (Lipinski definition) is 1. The van der Waals surface area contributed by atoms with E-state index in [1.807, 2.05) is 12.3 Å². The Morgan fingerprint density at radius 3 is 2.37 bits per heavy atom. The zero-order chi connectivity index (χ0) is 12.9. The summed E-state index contributed by atoms with van der Waals surface area (Å²) in [5.74, 6) is 0. The van der Waals surface area contributed by atoms with Gasteiger partial charge in [0.25, 0.3) is 0 Å². The summed E-state index contributed by atoms with van der Waals surface area (Å²) in [6.07, 6.45) is 7.15. The van der Waals surface area contributed by atoms with E-state index in [1.165, 1.54) is 31.2 Å². The fraction of sp³-hybridized carbons (Fsp3) is 0.353. The predicted octanol–water partition coefficient (Wildman–Crippen LogP) is 3.70. The topological polar surface area (TPSA) is 24.9 Å². The van der Waals surface area contributed by atoms with E-state index in [2.05, 4.69) is 52.8 Å². The highest BCUT2D eigenvalue weighted by atomic mass is 15.0. The van der Waals surface area contributed by atoms with Crippen molar-refractivity contribution in [2.45, 2.75) is 37.8 Å². The van der Waals surface area contributed by atoms with E-state index < -0.39 is 0 Å². The summed E-state index contributed by atoms with van der Waals surface area (Å²) in [4.78, 5) is 4.54. The standard InChI is InChI=1S/C17H20N2/c1-2-8-14(9-3-1)17(16-12-6-7-13-18-16)19-15-10-4-5-11-15/h1-3,6-9,12-13,15,17,19H,4-5,10-11H2. The molecule has 0 amide bonds. The second kappa shape index (κ2) is 5.98. The van der Waals surface area contributed by atoms with E-state index >= 15 is 0 Å². The maximum Gasteiger partial charge on any atom is 0.0753 e. The van der Waals surface area contributed by atoms with Crippen molar-refractivity contribution in [3.63, 3.8) is 0 Å². The molecule has 0 radical (unpaired) electrons. The monoisotopic (exact) mass is 252 g/mol. The molecule has 0 spiro atoms. The highest BCUT2D eigenvalue weighted by molar-refractivity contribution is 5.27. The Kier molecular flexibility index (Phi) is 3.89. The lowest BCUT2D eigenvalue weighted by Crippen LogP contribution is -2.31. The van der Waals surface area contributed by atoms with E-state index in [4.69, 9.17) is 0 Å². The largest absolute Gasteiger partial charge is 0.302 e. The van der Waals surface area contributed by atoms with Crippen LogP contribution in [0.5, 0.6) is 0 Å². The third-order valence-electron chi connectivity index (χ3n) is 3.87. The summed E-state index contributed by atoms with van der Waals surface area (Å²) in [5.41, 5.74) is 2.41. The third kappa shape index (κ3) is 3.02. The Hall–Kier alpha value is -1.67. The van der Waals surface area contributed by atoms with Gasteiger partial charge in [0.2, 0.25) is 0 Å². The molecule has 1 aromatic carbocycles. The SMILES string of the molecule is c1ccc(C(NC2CCCC2)c2ccccn2)cc1. The Morgan fingerprint density at radius 1 is 0.947 bits per heavy atom. The van der Waals surface area contributed by atoms with Crippen molar-refractivity contribution in [3.05, 3.63) is 66.0 Å². The summed E-state index contributed by atoms with van der Waals surface area (Å²) < 4.78 is 0. The molecule has 19 heavy (non-hydrogen) atoms. The first kappa shape index (κ1) is 12.4. The lowest BCUT2D eigenvalue weighted by molar-refractivity contribution is 0.473. The molecule has 1 atom stereocenters. The molecule has 2 heteroatoms. The molecule has 1 unspecified atom stereocenters. The second-order valence-corrected chi connectivity index (χ2v) is 5.25. The van der Waals surface area contributed by atoms with Crippen molar-refractivity contribution in [3.8, 4) is 0 Å². The summed E-state index contributed by atoms with van der Waals surface area (Å²) in [5, 5.41) is 3.79. The molecule has 3 rings (SSSR count). The maximum atomic E-state index is 4.54. The van der Waals surface area contributed by atoms with Crippen LogP contribution in [0.25, 0.3) is 0 Å². The third-order valence-corrected chi connectivity index (χ3v) is 3.87. The van der Waals surface area contributed by atoms with Gasteiger partial charge < -0.3 is 5.32 Å². The van der Waals surface area contributed by atoms with Gasteiger partial charge in [0.05, 0.1) is 11.7 Å². The molecule has 1 N–H and O–H groups in total. The van der Waals surface area contributed by atoms with Gasteiger partial charge in [0.1, 0.15) is 0 Å². The molecule has 0 bridgehead atoms. The molecular formula is C17H20N2. The molecule has 1 aliphatic carbocycles. The van der Waals surface area contributed by atoms with Crippen molar-refractivity contribution >= 4 is 0 Å². The lowest BCUT2D eigenvalue weighted by atomic mass is 10.0. The Labute approximate surface area is 114 Å². The van der Waals surface area contributed by atoms with Crippen LogP contribution in [0.4, 0.5) is 0 Å². The number of rotatable bonds is 4. The molecule has 0 saturated heterocycles. The molecule has 1 heterocycles. The summed E-state index contributed by atoms with van der Waals surface area (Å²) >= 11 is 0. The van der Waals surface area contributed by atoms with E-state index in [0.717, 1.165) is 5.69 Å². The average Bonchev–Trinajstić information content (AvgIpc) is 3.00. The van der Waals surface area contributed by atoms with Gasteiger partial charge in [-0.25, -0.2) is 0 Å². The van der Waals surface area contributed by atoms with Crippen molar-refractivity contribution in [2.75, 3.05) is 0 Å². The molecule has 2 aromatic rings. The number of hydrogen-bond acceptors (Lipinski definition) is 2. The Morgan fingerprint density at radius 2 is 1.68 bits per heavy atom. The first-order valence-corrected chi connectivity index (χ1v) is 7.15. The van der Waals surface area contributed by atoms with Crippen molar-refractivity contribution in [1.29, 1.82) is 0 Å². The number of nitrogens with zero attached hydrogens (tertiary/aromatic N) is 1. The van der Waals surface area contributed by atoms with E-state index in [0.29, 0.717) is 6.04 Å². The van der Waals surface area contributed by atoms with Gasteiger partial charge in [-0.3, -0.25) is 4.98 Å². The van der Waals surface area contributed by atoms with E-state index in [-0.39, 0.29) is 6.04 Å². The van der Waals surface area contributed by atoms with Crippen molar-refractivity contribution < 1.29 is 0 Å². The molecule has 1 fully saturated rings. The van der Waals surface area contributed by atoms with Crippen LogP contribution < -0.4 is 5.32 Å². The van der Waals surface area contributed by atoms with Gasteiger partial charge in [-0.05, 0) is 30.5 Å². The highest BCUT2D eigenvalue weighted by Gasteiger charge is 2.21. The van der Waals surface area contributed by atoms with Crippen LogP contribution in [0, 0.1) is 0 Å². The van der Waals surface area contributed by atoms with Crippen LogP contribution >= 0.6 is 0 Å². The first-order valence-electron chi connectivity index (χ1n) is 7.15. The molecule has 0 aliphatic heterocycles. The summed E-state index contributed by atoms with van der Waals surface area (Å²) in [7, 11) is 0. The highest BCUT2D eigenvalue weighted by Crippen LogP contribution is 2.25. The second-order valence-electron chi connectivity index (χ2n) is 5.25. The number of nitrogens with one attached hydrogen (secondary N) is 1. The smallest absolute Gasteiger partial charge is 0.0753 e. The van der Waals surface area contributed by atoms with Crippen molar-refractivity contribution in [2.24, 2.45) is 0 Å². The van der Waals surface area contributed by atoms with Gasteiger partial charge in [0.15, 0.2) is 0 Å². The fourth-order valence-corrected chi connectivity index (χ4v) is 2.87. The van der Waals surface area contributed by atoms with E-state index in [1.54, 1.807) is 0 Å². The van der Waals surface area contributed by atoms with Gasteiger partial charge >= 0.3 is 0 Å². The molecule has 2 nitrogen and oxygen atoms in total. The minimum Gasteiger partial charge on any atom is -0.302 e. The number of benzene rings is 1. The van der Waals surface area contributed by atoms with Gasteiger partial charge in [-0.2, -0.15) is 0 Å². The maximum absolute atomic E-state index is 4.54. The van der Waals surface area contributed by atoms with E-state index in [9.17, 15) is 0 Å². The Balaban J connectivity index is 1.87. The lowest BCUT2D eigenvalue weighted by Gasteiger charge is -2.23. The average molecular weight is 252 g/mol. The predicted molar refractivity (Wildman–Crippen MR) is 77.9 cm³/mol. The van der Waals surface area contributed by atoms with Crippen LogP contribution in [0.1, 0.15) is 43.0 Å². The quantitative estimate of drug-likeness (QED) is 0.897. The molecule has 1 saturated carbocycles. The summed E-state index contributed by atoms with van der Waals surface area (Å²) in [6, 6.07) is 17.6. The minimum absolute atomic E-state index is 0.213. The fourth-order valence-electron chi connectivity index (χ4n) is 2.87. The molecule has 1 aromatic heterocycles. The zero-order valence-electron chi connectivity index (χ0n) is 11.1. The molecule has 1 aliphatic rings. The Bertz CT molecular complexity index is 450. The van der Waals surface area contributed by atoms with Crippen LogP contribution in [-0.4, -0.2) is 11.0 Å². The normalized spacial score (nSPS) is 17.5. The zero-order valence-corrected chi connectivity index (χ0v) is 11.1. The summed E-state index contributed by atoms with van der Waals surface area (Å²) in [6.45, 7) is 0. The first-order chi connectivity index (χ1) is 9.43. The van der Waals surface area contributed by atoms with Crippen LogP contribution in [0.2, 0.25) is 0 Å². The van der Waals surface area contributed by atoms with Crippen LogP contribution in [0.3, 0.4) is 0 Å². The van der Waals surface area contributed by atoms with Gasteiger partial charge in [-0.1, -0.05) is 49.2 Å². The van der Waals surface area contributed by atoms with Crippen molar-refractivity contribution in [1.82, 2.24) is 10.3 Å². The number of pyridine rings is 1. The van der Waals surface area contributed by atoms with Gasteiger partial charge in [0, 0.05) is 12.2 Å². The van der Waals surface area contributed by atoms with Crippen LogP contribution in [0.15, 0.2) is 54.7 Å². The van der Waals surface area contributed by atoms with Gasteiger partial charge in [-0.15, -0.1) is 0 Å². The molecule has 98 valence electrons. The molecular weight excluding hydrogens is 232 g/mol. The number of aromatic nitrogens is 1.